The van der Waals surface area contributed by atoms with Gasteiger partial charge in [-0.2, -0.15) is 0 Å². The number of piperazine rings is 1. The van der Waals surface area contributed by atoms with Crippen LogP contribution in [0.4, 0.5) is 5.69 Å². The van der Waals surface area contributed by atoms with Crippen molar-refractivity contribution in [3.05, 3.63) is 71.3 Å². The summed E-state index contributed by atoms with van der Waals surface area (Å²) < 4.78 is 5.46. The normalized spacial score (nSPS) is 30.5. The van der Waals surface area contributed by atoms with Gasteiger partial charge in [0.15, 0.2) is 10.2 Å². The van der Waals surface area contributed by atoms with E-state index < -0.39 is 15.7 Å². The van der Waals surface area contributed by atoms with Gasteiger partial charge in [-0.1, -0.05) is 67.2 Å². The van der Waals surface area contributed by atoms with Crippen LogP contribution in [0.15, 0.2) is 54.6 Å². The molecule has 2 fully saturated rings. The molecule has 2 aromatic rings. The SMILES string of the molecule is CCS[C@H]1C(=O)N2[C@H]3Nc4ccccc4[C@@]3(C3=CCc4ccccc43)C[C@]2(SCOC)C(=O)N1C. The predicted molar refractivity (Wildman–Crippen MR) is 142 cm³/mol. The van der Waals surface area contributed by atoms with Crippen molar-refractivity contribution in [2.45, 2.75) is 41.6 Å². The lowest BCUT2D eigenvalue weighted by atomic mass is 9.70. The molecule has 35 heavy (non-hydrogen) atoms. The van der Waals surface area contributed by atoms with Crippen LogP contribution in [-0.2, 0) is 26.2 Å². The lowest BCUT2D eigenvalue weighted by Crippen LogP contribution is -2.68. The number of anilines is 1. The minimum absolute atomic E-state index is 0.0124. The maximum absolute atomic E-state index is 14.2. The summed E-state index contributed by atoms with van der Waals surface area (Å²) in [5.41, 5.74) is 5.37. The van der Waals surface area contributed by atoms with Gasteiger partial charge in [0.05, 0.1) is 11.4 Å². The quantitative estimate of drug-likeness (QED) is 0.594. The van der Waals surface area contributed by atoms with Crippen LogP contribution in [0.1, 0.15) is 30.0 Å². The van der Waals surface area contributed by atoms with Crippen molar-refractivity contribution in [1.82, 2.24) is 9.80 Å². The molecule has 2 saturated heterocycles. The van der Waals surface area contributed by atoms with Gasteiger partial charge in [-0.15, -0.1) is 11.8 Å². The third kappa shape index (κ3) is 2.96. The number of rotatable bonds is 6. The van der Waals surface area contributed by atoms with Crippen molar-refractivity contribution in [2.75, 3.05) is 31.2 Å². The van der Waals surface area contributed by atoms with Gasteiger partial charge >= 0.3 is 0 Å². The molecule has 2 aromatic carbocycles. The van der Waals surface area contributed by atoms with Crippen LogP contribution in [0.3, 0.4) is 0 Å². The molecule has 0 unspecified atom stereocenters. The standard InChI is InChI=1S/C27H29N3O3S2/c1-4-34-23-22(31)30-24-26(20-11-7-8-12-21(20)28-24,19-14-13-17-9-5-6-10-18(17)19)15-27(30,35-16-33-3)25(32)29(23)2/h5-12,14,23-24,28H,4,13,15-16H2,1-3H3/t23-,24+,26-,27-/m0/s1. The van der Waals surface area contributed by atoms with E-state index in [9.17, 15) is 9.59 Å². The molecule has 0 bridgehead atoms. The van der Waals surface area contributed by atoms with E-state index in [1.807, 2.05) is 17.9 Å². The number of amides is 2. The summed E-state index contributed by atoms with van der Waals surface area (Å²) in [7, 11) is 3.41. The number of nitrogens with zero attached hydrogens (tertiary/aromatic N) is 2. The first-order valence-electron chi connectivity index (χ1n) is 12.0. The number of carbonyl (C=O) groups is 2. The van der Waals surface area contributed by atoms with Gasteiger partial charge < -0.3 is 15.0 Å². The molecule has 0 aromatic heterocycles. The number of ether oxygens (including phenoxy) is 1. The highest BCUT2D eigenvalue weighted by Crippen LogP contribution is 2.65. The van der Waals surface area contributed by atoms with Crippen LogP contribution >= 0.6 is 23.5 Å². The van der Waals surface area contributed by atoms with E-state index in [0.29, 0.717) is 12.4 Å². The Labute approximate surface area is 214 Å². The van der Waals surface area contributed by atoms with Crippen LogP contribution in [0.2, 0.25) is 0 Å². The number of likely N-dealkylation sites (N-methyl/N-ethyl adjacent to an activating group) is 1. The highest BCUT2D eigenvalue weighted by Gasteiger charge is 2.72. The number of nitrogens with one attached hydrogen (secondary N) is 1. The van der Waals surface area contributed by atoms with Crippen molar-refractivity contribution in [1.29, 1.82) is 0 Å². The zero-order valence-electron chi connectivity index (χ0n) is 20.1. The van der Waals surface area contributed by atoms with Crippen molar-refractivity contribution >= 4 is 46.6 Å². The Morgan fingerprint density at radius 1 is 1.14 bits per heavy atom. The molecule has 0 saturated carbocycles. The average Bonchev–Trinajstić information content (AvgIpc) is 3.52. The largest absolute Gasteiger partial charge is 0.374 e. The summed E-state index contributed by atoms with van der Waals surface area (Å²) in [6.07, 6.45) is 3.32. The molecule has 2 amide bonds. The number of hydrogen-bond donors (Lipinski definition) is 1. The van der Waals surface area contributed by atoms with Crippen molar-refractivity contribution < 1.29 is 14.3 Å². The maximum atomic E-state index is 14.2. The number of hydrogen-bond acceptors (Lipinski definition) is 6. The lowest BCUT2D eigenvalue weighted by Gasteiger charge is -2.48. The van der Waals surface area contributed by atoms with Gasteiger partial charge in [-0.3, -0.25) is 14.5 Å². The fourth-order valence-electron chi connectivity index (χ4n) is 6.49. The summed E-state index contributed by atoms with van der Waals surface area (Å²) in [6, 6.07) is 16.8. The Kier molecular flexibility index (Phi) is 5.47. The molecule has 3 heterocycles. The minimum Gasteiger partial charge on any atom is -0.374 e. The first-order chi connectivity index (χ1) is 17.0. The van der Waals surface area contributed by atoms with E-state index in [4.69, 9.17) is 4.74 Å². The third-order valence-corrected chi connectivity index (χ3v) is 10.4. The Morgan fingerprint density at radius 3 is 2.71 bits per heavy atom. The first-order valence-corrected chi connectivity index (χ1v) is 14.0. The van der Waals surface area contributed by atoms with Gasteiger partial charge in [0, 0.05) is 26.3 Å². The maximum Gasteiger partial charge on any atom is 0.260 e. The smallest absolute Gasteiger partial charge is 0.260 e. The fraction of sp³-hybridized carbons (Fsp3) is 0.407. The van der Waals surface area contributed by atoms with Gasteiger partial charge in [0.2, 0.25) is 0 Å². The molecular formula is C27H29N3O3S2. The number of fused-ring (bicyclic) bond motifs is 6. The topological polar surface area (TPSA) is 61.9 Å². The van der Waals surface area contributed by atoms with Gasteiger partial charge in [0.25, 0.3) is 11.8 Å². The summed E-state index contributed by atoms with van der Waals surface area (Å²) >= 11 is 2.95. The van der Waals surface area contributed by atoms with Crippen molar-refractivity contribution in [3.63, 3.8) is 0 Å². The van der Waals surface area contributed by atoms with Crippen LogP contribution in [0.25, 0.3) is 5.57 Å². The number of thioether (sulfide) groups is 2. The van der Waals surface area contributed by atoms with E-state index >= 15 is 0 Å². The minimum atomic E-state index is -1.05. The molecule has 182 valence electrons. The van der Waals surface area contributed by atoms with Gasteiger partial charge in [-0.05, 0) is 40.5 Å². The lowest BCUT2D eigenvalue weighted by molar-refractivity contribution is -0.157. The number of carbonyl (C=O) groups excluding carboxylic acids is 2. The second-order valence-electron chi connectivity index (χ2n) is 9.49. The van der Waals surface area contributed by atoms with E-state index in [0.717, 1.165) is 23.4 Å². The summed E-state index contributed by atoms with van der Waals surface area (Å²) in [6.45, 7) is 2.02. The molecule has 8 heteroatoms. The monoisotopic (exact) mass is 507 g/mol. The highest BCUT2D eigenvalue weighted by molar-refractivity contribution is 8.01. The molecule has 6 rings (SSSR count). The second-order valence-corrected chi connectivity index (χ2v) is 12.0. The molecular weight excluding hydrogens is 478 g/mol. The Hall–Kier alpha value is -2.42. The number of allylic oxidation sites excluding steroid dienone is 1. The molecule has 6 nitrogen and oxygen atoms in total. The Balaban J connectivity index is 1.59. The Morgan fingerprint density at radius 2 is 1.91 bits per heavy atom. The molecule has 0 spiro atoms. The number of para-hydroxylation sites is 1. The van der Waals surface area contributed by atoms with Crippen LogP contribution < -0.4 is 5.32 Å². The van der Waals surface area contributed by atoms with E-state index in [-0.39, 0.29) is 18.0 Å². The highest BCUT2D eigenvalue weighted by atomic mass is 32.2. The average molecular weight is 508 g/mol. The summed E-state index contributed by atoms with van der Waals surface area (Å²) in [5, 5.41) is 3.17. The van der Waals surface area contributed by atoms with Crippen molar-refractivity contribution in [2.24, 2.45) is 0 Å². The van der Waals surface area contributed by atoms with E-state index in [2.05, 4.69) is 53.9 Å². The molecule has 1 aliphatic carbocycles. The van der Waals surface area contributed by atoms with Gasteiger partial charge in [-0.25, -0.2) is 0 Å². The number of benzene rings is 2. The molecule has 1 N–H and O–H groups in total. The fourth-order valence-corrected chi connectivity index (χ4v) is 8.62. The second kappa shape index (κ2) is 8.32. The molecule has 3 aliphatic heterocycles. The van der Waals surface area contributed by atoms with E-state index in [1.165, 1.54) is 40.2 Å². The first kappa shape index (κ1) is 23.0. The predicted octanol–water partition coefficient (Wildman–Crippen LogP) is 4.13. The zero-order chi connectivity index (χ0) is 24.4. The van der Waals surface area contributed by atoms with E-state index in [1.54, 1.807) is 19.1 Å². The molecule has 4 aliphatic rings. The Bertz CT molecular complexity index is 1250. The molecule has 0 radical (unpaired) electrons. The van der Waals surface area contributed by atoms with Crippen LogP contribution in [0.5, 0.6) is 0 Å². The third-order valence-electron chi connectivity index (χ3n) is 7.84. The van der Waals surface area contributed by atoms with Crippen molar-refractivity contribution in [3.8, 4) is 0 Å². The van der Waals surface area contributed by atoms with Gasteiger partial charge in [0.1, 0.15) is 6.17 Å². The van der Waals surface area contributed by atoms with Crippen LogP contribution in [0, 0.1) is 0 Å². The summed E-state index contributed by atoms with van der Waals surface area (Å²) in [5.74, 6) is 1.04. The number of methoxy groups -OCH3 is 1. The molecule has 4 atom stereocenters. The van der Waals surface area contributed by atoms with Crippen LogP contribution in [-0.4, -0.2) is 63.9 Å². The zero-order valence-corrected chi connectivity index (χ0v) is 21.7. The summed E-state index contributed by atoms with van der Waals surface area (Å²) in [4.78, 5) is 30.9.